The predicted octanol–water partition coefficient (Wildman–Crippen LogP) is 2.42. The maximum absolute atomic E-state index is 11.7. The van der Waals surface area contributed by atoms with Crippen molar-refractivity contribution in [2.75, 3.05) is 20.3 Å². The molecule has 1 aromatic rings. The van der Waals surface area contributed by atoms with Crippen LogP contribution < -0.4 is 5.32 Å². The zero-order valence-electron chi connectivity index (χ0n) is 10.3. The lowest BCUT2D eigenvalue weighted by molar-refractivity contribution is 0.0937. The number of carbonyl (C=O) groups excluding carboxylic acids is 1. The zero-order valence-corrected chi connectivity index (χ0v) is 11.1. The van der Waals surface area contributed by atoms with Gasteiger partial charge in [-0.3, -0.25) is 4.79 Å². The highest BCUT2D eigenvalue weighted by atomic mass is 32.1. The van der Waals surface area contributed by atoms with E-state index in [1.165, 1.54) is 4.88 Å². The topological polar surface area (TPSA) is 38.3 Å². The summed E-state index contributed by atoms with van der Waals surface area (Å²) in [6.07, 6.45) is 0. The summed E-state index contributed by atoms with van der Waals surface area (Å²) in [5, 5.41) is 4.71. The van der Waals surface area contributed by atoms with Crippen molar-refractivity contribution in [3.05, 3.63) is 21.9 Å². The Morgan fingerprint density at radius 1 is 1.50 bits per heavy atom. The van der Waals surface area contributed by atoms with Gasteiger partial charge in [-0.1, -0.05) is 20.8 Å². The van der Waals surface area contributed by atoms with Crippen LogP contribution in [0.15, 0.2) is 11.4 Å². The first-order valence-electron chi connectivity index (χ1n) is 5.31. The molecule has 1 amide bonds. The fraction of sp³-hybridized carbons (Fsp3) is 0.583. The average molecular weight is 241 g/mol. The van der Waals surface area contributed by atoms with E-state index in [-0.39, 0.29) is 11.3 Å². The molecule has 0 spiro atoms. The van der Waals surface area contributed by atoms with E-state index in [9.17, 15) is 4.79 Å². The third-order valence-corrected chi connectivity index (χ3v) is 3.55. The molecule has 1 N–H and O–H groups in total. The second kappa shape index (κ2) is 5.46. The van der Waals surface area contributed by atoms with Crippen LogP contribution in [0.1, 0.15) is 36.0 Å². The lowest BCUT2D eigenvalue weighted by Gasteiger charge is -2.15. The lowest BCUT2D eigenvalue weighted by atomic mass is 9.94. The second-order valence-corrected chi connectivity index (χ2v) is 5.61. The summed E-state index contributed by atoms with van der Waals surface area (Å²) in [6.45, 7) is 7.53. The van der Waals surface area contributed by atoms with Gasteiger partial charge in [-0.25, -0.2) is 0 Å². The Morgan fingerprint density at radius 2 is 2.19 bits per heavy atom. The fourth-order valence-electron chi connectivity index (χ4n) is 1.22. The van der Waals surface area contributed by atoms with Crippen molar-refractivity contribution in [1.29, 1.82) is 0 Å². The van der Waals surface area contributed by atoms with Crippen LogP contribution in [0.5, 0.6) is 0 Å². The first kappa shape index (κ1) is 13.2. The maximum Gasteiger partial charge on any atom is 0.252 e. The molecule has 0 aromatic carbocycles. The van der Waals surface area contributed by atoms with Gasteiger partial charge in [0.1, 0.15) is 0 Å². The van der Waals surface area contributed by atoms with Crippen LogP contribution in [0.25, 0.3) is 0 Å². The molecule has 0 atom stereocenters. The summed E-state index contributed by atoms with van der Waals surface area (Å²) >= 11 is 1.63. The number of rotatable bonds is 4. The molecule has 1 rings (SSSR count). The molecule has 0 saturated carbocycles. The van der Waals surface area contributed by atoms with E-state index in [0.717, 1.165) is 5.56 Å². The van der Waals surface area contributed by atoms with Gasteiger partial charge in [-0.05, 0) is 11.5 Å². The van der Waals surface area contributed by atoms with Gasteiger partial charge in [-0.15, -0.1) is 11.3 Å². The van der Waals surface area contributed by atoms with Gasteiger partial charge in [0.25, 0.3) is 5.91 Å². The molecule has 1 heterocycles. The highest BCUT2D eigenvalue weighted by Gasteiger charge is 2.18. The van der Waals surface area contributed by atoms with Gasteiger partial charge >= 0.3 is 0 Å². The van der Waals surface area contributed by atoms with Crippen molar-refractivity contribution in [1.82, 2.24) is 5.32 Å². The van der Waals surface area contributed by atoms with E-state index in [1.807, 2.05) is 11.4 Å². The minimum absolute atomic E-state index is 0.0243. The number of thiophene rings is 1. The number of hydrogen-bond acceptors (Lipinski definition) is 3. The summed E-state index contributed by atoms with van der Waals surface area (Å²) in [5.41, 5.74) is 0.849. The Kier molecular flexibility index (Phi) is 4.50. The van der Waals surface area contributed by atoms with Crippen LogP contribution in [0.2, 0.25) is 0 Å². The minimum atomic E-state index is -0.0243. The molecule has 4 heteroatoms. The first-order chi connectivity index (χ1) is 7.45. The monoisotopic (exact) mass is 241 g/mol. The largest absolute Gasteiger partial charge is 0.383 e. The van der Waals surface area contributed by atoms with Crippen LogP contribution in [-0.2, 0) is 10.2 Å². The molecule has 90 valence electrons. The lowest BCUT2D eigenvalue weighted by Crippen LogP contribution is -2.26. The zero-order chi connectivity index (χ0) is 12.2. The van der Waals surface area contributed by atoms with Crippen LogP contribution in [0, 0.1) is 0 Å². The van der Waals surface area contributed by atoms with Crippen molar-refractivity contribution < 1.29 is 9.53 Å². The Bertz CT molecular complexity index is 352. The third kappa shape index (κ3) is 3.61. The Labute approximate surface area is 101 Å². The van der Waals surface area contributed by atoms with Gasteiger partial charge in [0.05, 0.1) is 12.2 Å². The predicted molar refractivity (Wildman–Crippen MR) is 67.2 cm³/mol. The van der Waals surface area contributed by atoms with Crippen molar-refractivity contribution in [3.8, 4) is 0 Å². The van der Waals surface area contributed by atoms with Gasteiger partial charge in [0, 0.05) is 23.9 Å². The molecule has 0 aliphatic rings. The van der Waals surface area contributed by atoms with Crippen molar-refractivity contribution in [3.63, 3.8) is 0 Å². The number of amides is 1. The molecule has 0 aliphatic carbocycles. The number of nitrogens with one attached hydrogen (secondary N) is 1. The van der Waals surface area contributed by atoms with Gasteiger partial charge in [-0.2, -0.15) is 0 Å². The van der Waals surface area contributed by atoms with E-state index in [1.54, 1.807) is 18.4 Å². The molecular formula is C12H19NO2S. The molecular weight excluding hydrogens is 222 g/mol. The normalized spacial score (nSPS) is 11.5. The summed E-state index contributed by atoms with van der Waals surface area (Å²) in [5.74, 6) is -0.0243. The second-order valence-electron chi connectivity index (χ2n) is 4.70. The van der Waals surface area contributed by atoms with Crippen molar-refractivity contribution in [2.24, 2.45) is 0 Å². The molecule has 1 aromatic heterocycles. The summed E-state index contributed by atoms with van der Waals surface area (Å²) in [6, 6.07) is 1.97. The molecule has 16 heavy (non-hydrogen) atoms. The molecule has 3 nitrogen and oxygen atoms in total. The van der Waals surface area contributed by atoms with Crippen molar-refractivity contribution in [2.45, 2.75) is 26.2 Å². The molecule has 0 unspecified atom stereocenters. The number of ether oxygens (including phenoxy) is 1. The molecule has 0 saturated heterocycles. The summed E-state index contributed by atoms with van der Waals surface area (Å²) < 4.78 is 4.88. The SMILES string of the molecule is COCCNC(=O)c1csc(C(C)(C)C)c1. The average Bonchev–Trinajstić information content (AvgIpc) is 2.66. The van der Waals surface area contributed by atoms with Crippen LogP contribution in [0.4, 0.5) is 0 Å². The van der Waals surface area contributed by atoms with E-state index in [2.05, 4.69) is 26.1 Å². The van der Waals surface area contributed by atoms with Crippen LogP contribution in [0.3, 0.4) is 0 Å². The Hall–Kier alpha value is -0.870. The summed E-state index contributed by atoms with van der Waals surface area (Å²) in [7, 11) is 1.62. The van der Waals surface area contributed by atoms with E-state index >= 15 is 0 Å². The Morgan fingerprint density at radius 3 is 2.69 bits per heavy atom. The van der Waals surface area contributed by atoms with Crippen LogP contribution >= 0.6 is 11.3 Å². The number of carbonyl (C=O) groups is 1. The standard InChI is InChI=1S/C12H19NO2S/c1-12(2,3)10-7-9(8-16-10)11(14)13-5-6-15-4/h7-8H,5-6H2,1-4H3,(H,13,14). The third-order valence-electron chi connectivity index (χ3n) is 2.19. The van der Waals surface area contributed by atoms with E-state index in [0.29, 0.717) is 13.2 Å². The molecule has 0 aliphatic heterocycles. The Balaban J connectivity index is 2.60. The number of hydrogen-bond donors (Lipinski definition) is 1. The summed E-state index contributed by atoms with van der Waals surface area (Å²) in [4.78, 5) is 12.9. The minimum Gasteiger partial charge on any atom is -0.383 e. The molecule has 0 fully saturated rings. The van der Waals surface area contributed by atoms with Crippen molar-refractivity contribution >= 4 is 17.2 Å². The van der Waals surface area contributed by atoms with E-state index < -0.39 is 0 Å². The highest BCUT2D eigenvalue weighted by molar-refractivity contribution is 7.10. The molecule has 0 bridgehead atoms. The smallest absolute Gasteiger partial charge is 0.252 e. The molecule has 0 radical (unpaired) electrons. The van der Waals surface area contributed by atoms with Gasteiger partial charge in [0.2, 0.25) is 0 Å². The highest BCUT2D eigenvalue weighted by Crippen LogP contribution is 2.28. The van der Waals surface area contributed by atoms with Crippen LogP contribution in [-0.4, -0.2) is 26.2 Å². The van der Waals surface area contributed by atoms with Gasteiger partial charge in [0.15, 0.2) is 0 Å². The fourth-order valence-corrected chi connectivity index (χ4v) is 2.19. The first-order valence-corrected chi connectivity index (χ1v) is 6.19. The quantitative estimate of drug-likeness (QED) is 0.822. The number of methoxy groups -OCH3 is 1. The van der Waals surface area contributed by atoms with E-state index in [4.69, 9.17) is 4.74 Å². The van der Waals surface area contributed by atoms with Gasteiger partial charge < -0.3 is 10.1 Å². The maximum atomic E-state index is 11.7.